The number of amides is 1. The number of guanidine groups is 1. The number of nitrogens with one attached hydrogen (secondary N) is 2. The van der Waals surface area contributed by atoms with Gasteiger partial charge < -0.3 is 26.0 Å². The molecule has 164 valence electrons. The second kappa shape index (κ2) is 15.2. The zero-order valence-electron chi connectivity index (χ0n) is 17.3. The van der Waals surface area contributed by atoms with Crippen molar-refractivity contribution in [1.82, 2.24) is 20.4 Å². The normalized spacial score (nSPS) is 19.8. The number of piperidine rings is 1. The maximum absolute atomic E-state index is 11.2. The number of nitrogens with two attached hydrogens (primary N) is 1. The molecule has 0 aliphatic carbocycles. The molecule has 0 aromatic rings. The van der Waals surface area contributed by atoms with Crippen LogP contribution in [0.25, 0.3) is 0 Å². The van der Waals surface area contributed by atoms with Crippen molar-refractivity contribution in [2.75, 3.05) is 72.1 Å². The van der Waals surface area contributed by atoms with Crippen LogP contribution < -0.4 is 16.4 Å². The number of hydrogen-bond acceptors (Lipinski definition) is 5. The Bertz CT molecular complexity index is 452. The Morgan fingerprint density at radius 3 is 2.39 bits per heavy atom. The third-order valence-electron chi connectivity index (χ3n) is 5.31. The van der Waals surface area contributed by atoms with Gasteiger partial charge in [0.2, 0.25) is 5.91 Å². The summed E-state index contributed by atoms with van der Waals surface area (Å²) in [4.78, 5) is 20.8. The molecule has 0 spiro atoms. The molecule has 0 unspecified atom stereocenters. The number of hydrogen-bond donors (Lipinski definition) is 3. The Morgan fingerprint density at radius 2 is 1.75 bits per heavy atom. The van der Waals surface area contributed by atoms with Gasteiger partial charge in [-0.3, -0.25) is 14.7 Å². The third-order valence-corrected chi connectivity index (χ3v) is 5.31. The minimum Gasteiger partial charge on any atom is -0.379 e. The average Bonchev–Trinajstić information content (AvgIpc) is 2.69. The quantitative estimate of drug-likeness (QED) is 0.171. The number of ether oxygens (including phenoxy) is 1. The number of aliphatic imine (C=N–C) groups is 1. The number of likely N-dealkylation sites (tertiary alicyclic amines) is 1. The number of nitrogens with zero attached hydrogens (tertiary/aromatic N) is 3. The van der Waals surface area contributed by atoms with Crippen LogP contribution in [-0.2, 0) is 9.53 Å². The molecule has 0 saturated carbocycles. The second-order valence-electron chi connectivity index (χ2n) is 7.37. The summed E-state index contributed by atoms with van der Waals surface area (Å²) in [6.07, 6.45) is 4.03. The fourth-order valence-corrected chi connectivity index (χ4v) is 3.58. The molecular formula is C19H39IN6O2. The van der Waals surface area contributed by atoms with Crippen LogP contribution in [0.3, 0.4) is 0 Å². The van der Waals surface area contributed by atoms with E-state index >= 15 is 0 Å². The van der Waals surface area contributed by atoms with Crippen molar-refractivity contribution >= 4 is 35.8 Å². The van der Waals surface area contributed by atoms with E-state index in [1.165, 1.54) is 0 Å². The van der Waals surface area contributed by atoms with Crippen LogP contribution in [0, 0.1) is 5.92 Å². The summed E-state index contributed by atoms with van der Waals surface area (Å²) in [5.74, 6) is 0.853. The maximum Gasteiger partial charge on any atom is 0.220 e. The topological polar surface area (TPSA) is 95.2 Å². The average molecular weight is 510 g/mol. The first-order valence-electron chi connectivity index (χ1n) is 10.5. The zero-order valence-corrected chi connectivity index (χ0v) is 19.7. The Balaban J connectivity index is 0.00000392. The van der Waals surface area contributed by atoms with Gasteiger partial charge in [-0.1, -0.05) is 0 Å². The zero-order chi connectivity index (χ0) is 19.3. The van der Waals surface area contributed by atoms with E-state index in [1.54, 1.807) is 0 Å². The first-order chi connectivity index (χ1) is 13.2. The van der Waals surface area contributed by atoms with E-state index in [1.807, 2.05) is 0 Å². The van der Waals surface area contributed by atoms with Crippen molar-refractivity contribution in [1.29, 1.82) is 0 Å². The van der Waals surface area contributed by atoms with Crippen LogP contribution >= 0.6 is 24.0 Å². The molecule has 28 heavy (non-hydrogen) atoms. The molecule has 2 aliphatic rings. The van der Waals surface area contributed by atoms with E-state index in [2.05, 4.69) is 32.3 Å². The molecule has 1 amide bonds. The Kier molecular flexibility index (Phi) is 13.8. The first-order valence-corrected chi connectivity index (χ1v) is 10.5. The standard InChI is InChI=1S/C19H38N6O2.HI/c1-2-21-19(23-8-12-25-13-15-27-16-14-25)22-7-3-4-9-24-10-5-17(6-11-24)18(20)26;/h17H,2-16H2,1H3,(H2,20,26)(H2,21,22,23);1H. The summed E-state index contributed by atoms with van der Waals surface area (Å²) in [7, 11) is 0. The fourth-order valence-electron chi connectivity index (χ4n) is 3.58. The maximum atomic E-state index is 11.2. The van der Waals surface area contributed by atoms with Gasteiger partial charge in [-0.15, -0.1) is 24.0 Å². The summed E-state index contributed by atoms with van der Waals surface area (Å²) in [5.41, 5.74) is 5.39. The van der Waals surface area contributed by atoms with Crippen molar-refractivity contribution in [2.45, 2.75) is 32.6 Å². The molecule has 2 aliphatic heterocycles. The molecule has 2 saturated heterocycles. The van der Waals surface area contributed by atoms with Crippen molar-refractivity contribution in [3.8, 4) is 0 Å². The molecule has 2 fully saturated rings. The van der Waals surface area contributed by atoms with Gasteiger partial charge in [-0.2, -0.15) is 0 Å². The number of morpholine rings is 1. The van der Waals surface area contributed by atoms with E-state index in [4.69, 9.17) is 10.5 Å². The van der Waals surface area contributed by atoms with Gasteiger partial charge in [0.1, 0.15) is 0 Å². The fraction of sp³-hybridized carbons (Fsp3) is 0.895. The highest BCUT2D eigenvalue weighted by atomic mass is 127. The van der Waals surface area contributed by atoms with Crippen molar-refractivity contribution in [3.63, 3.8) is 0 Å². The van der Waals surface area contributed by atoms with Crippen molar-refractivity contribution in [2.24, 2.45) is 16.6 Å². The van der Waals surface area contributed by atoms with E-state index in [0.717, 1.165) is 104 Å². The highest BCUT2D eigenvalue weighted by molar-refractivity contribution is 14.0. The van der Waals surface area contributed by atoms with Gasteiger partial charge in [0.05, 0.1) is 13.2 Å². The Morgan fingerprint density at radius 1 is 1.07 bits per heavy atom. The van der Waals surface area contributed by atoms with Gasteiger partial charge in [-0.05, 0) is 52.2 Å². The molecule has 0 atom stereocenters. The summed E-state index contributed by atoms with van der Waals surface area (Å²) >= 11 is 0. The summed E-state index contributed by atoms with van der Waals surface area (Å²) < 4.78 is 5.38. The van der Waals surface area contributed by atoms with Crippen LogP contribution in [0.15, 0.2) is 4.99 Å². The number of primary amides is 1. The summed E-state index contributed by atoms with van der Waals surface area (Å²) in [6.45, 7) is 12.5. The molecule has 8 nitrogen and oxygen atoms in total. The van der Waals surface area contributed by atoms with E-state index in [9.17, 15) is 4.79 Å². The SMILES string of the molecule is CCNC(=NCCCCN1CCC(C(N)=O)CC1)NCCN1CCOCC1.I. The second-order valence-corrected chi connectivity index (χ2v) is 7.37. The third kappa shape index (κ3) is 10.2. The number of unbranched alkanes of at least 4 members (excludes halogenated alkanes) is 1. The lowest BCUT2D eigenvalue weighted by atomic mass is 9.96. The van der Waals surface area contributed by atoms with E-state index in [-0.39, 0.29) is 35.8 Å². The van der Waals surface area contributed by atoms with Crippen LogP contribution in [0.5, 0.6) is 0 Å². The van der Waals surface area contributed by atoms with Crippen molar-refractivity contribution in [3.05, 3.63) is 0 Å². The van der Waals surface area contributed by atoms with Crippen LogP contribution in [0.1, 0.15) is 32.6 Å². The minimum absolute atomic E-state index is 0. The largest absolute Gasteiger partial charge is 0.379 e. The molecule has 9 heteroatoms. The molecule has 2 rings (SSSR count). The van der Waals surface area contributed by atoms with Crippen LogP contribution in [0.2, 0.25) is 0 Å². The molecule has 0 radical (unpaired) electrons. The number of carbonyl (C=O) groups excluding carboxylic acids is 1. The van der Waals surface area contributed by atoms with Crippen LogP contribution in [0.4, 0.5) is 0 Å². The minimum atomic E-state index is -0.138. The van der Waals surface area contributed by atoms with Gasteiger partial charge >= 0.3 is 0 Å². The molecule has 4 N–H and O–H groups in total. The summed E-state index contributed by atoms with van der Waals surface area (Å²) in [5, 5.41) is 6.74. The molecule has 0 bridgehead atoms. The predicted octanol–water partition coefficient (Wildman–Crippen LogP) is 0.469. The molecular weight excluding hydrogens is 471 g/mol. The lowest BCUT2D eigenvalue weighted by Crippen LogP contribution is -2.44. The number of rotatable bonds is 10. The van der Waals surface area contributed by atoms with Gasteiger partial charge in [0.15, 0.2) is 5.96 Å². The predicted molar refractivity (Wildman–Crippen MR) is 124 cm³/mol. The Labute approximate surface area is 187 Å². The lowest BCUT2D eigenvalue weighted by Gasteiger charge is -2.30. The molecule has 2 heterocycles. The first kappa shape index (κ1) is 25.4. The highest BCUT2D eigenvalue weighted by Gasteiger charge is 2.22. The van der Waals surface area contributed by atoms with Gasteiger partial charge in [0, 0.05) is 45.2 Å². The van der Waals surface area contributed by atoms with E-state index in [0.29, 0.717) is 0 Å². The van der Waals surface area contributed by atoms with E-state index < -0.39 is 0 Å². The van der Waals surface area contributed by atoms with Crippen molar-refractivity contribution < 1.29 is 9.53 Å². The lowest BCUT2D eigenvalue weighted by molar-refractivity contribution is -0.123. The summed E-state index contributed by atoms with van der Waals surface area (Å²) in [6, 6.07) is 0. The molecule has 0 aromatic heterocycles. The smallest absolute Gasteiger partial charge is 0.220 e. The van der Waals surface area contributed by atoms with Gasteiger partial charge in [-0.25, -0.2) is 0 Å². The number of carbonyl (C=O) groups is 1. The Hall–Kier alpha value is -0.650. The monoisotopic (exact) mass is 510 g/mol. The highest BCUT2D eigenvalue weighted by Crippen LogP contribution is 2.16. The van der Waals surface area contributed by atoms with Gasteiger partial charge in [0.25, 0.3) is 0 Å². The number of halogens is 1. The van der Waals surface area contributed by atoms with Crippen LogP contribution in [-0.4, -0.2) is 93.8 Å². The molecule has 0 aromatic carbocycles.